The van der Waals surface area contributed by atoms with E-state index in [-0.39, 0.29) is 6.54 Å². The molecule has 0 saturated heterocycles. The third-order valence-electron chi connectivity index (χ3n) is 3.85. The van der Waals surface area contributed by atoms with Gasteiger partial charge in [0.05, 0.1) is 11.9 Å². The van der Waals surface area contributed by atoms with Crippen LogP contribution in [-0.4, -0.2) is 27.1 Å². The van der Waals surface area contributed by atoms with Crippen molar-refractivity contribution in [1.82, 2.24) is 0 Å². The number of halogens is 1. The minimum absolute atomic E-state index is 0.326. The normalized spacial score (nSPS) is 11.2. The second kappa shape index (κ2) is 7.45. The average molecular weight is 381 g/mol. The van der Waals surface area contributed by atoms with Crippen LogP contribution in [-0.2, 0) is 14.8 Å². The first kappa shape index (κ1) is 19.3. The summed E-state index contributed by atoms with van der Waals surface area (Å²) in [6.45, 7) is 5.25. The van der Waals surface area contributed by atoms with Gasteiger partial charge >= 0.3 is 0 Å². The Morgan fingerprint density at radius 2 is 1.84 bits per heavy atom. The molecule has 0 aliphatic heterocycles. The average Bonchev–Trinajstić information content (AvgIpc) is 2.50. The Morgan fingerprint density at radius 3 is 2.44 bits per heavy atom. The number of nitrogens with one attached hydrogen (secondary N) is 1. The van der Waals surface area contributed by atoms with Gasteiger partial charge in [0, 0.05) is 10.7 Å². The van der Waals surface area contributed by atoms with Gasteiger partial charge in [0.15, 0.2) is 0 Å². The third-order valence-corrected chi connectivity index (χ3v) is 5.39. The summed E-state index contributed by atoms with van der Waals surface area (Å²) < 4.78 is 25.5. The molecule has 0 atom stereocenters. The van der Waals surface area contributed by atoms with Crippen molar-refractivity contribution >= 4 is 38.9 Å². The lowest BCUT2D eigenvalue weighted by molar-refractivity contribution is -0.114. The number of hydrogen-bond donors (Lipinski definition) is 1. The lowest BCUT2D eigenvalue weighted by atomic mass is 10.1. The molecule has 1 N–H and O–H groups in total. The number of sulfonamides is 1. The smallest absolute Gasteiger partial charge is 0.245 e. The third kappa shape index (κ3) is 4.74. The Labute approximate surface area is 153 Å². The molecule has 1 amide bonds. The number of carbonyl (C=O) groups excluding carboxylic acids is 1. The maximum atomic E-state index is 12.4. The summed E-state index contributed by atoms with van der Waals surface area (Å²) in [7, 11) is -3.65. The van der Waals surface area contributed by atoms with Gasteiger partial charge in [-0.05, 0) is 50.1 Å². The molecule has 0 radical (unpaired) electrons. The fourth-order valence-corrected chi connectivity index (χ4v) is 3.60. The van der Waals surface area contributed by atoms with E-state index in [1.807, 2.05) is 26.0 Å². The van der Waals surface area contributed by atoms with Crippen molar-refractivity contribution in [2.75, 3.05) is 22.4 Å². The second-order valence-corrected chi connectivity index (χ2v) is 8.33. The lowest BCUT2D eigenvalue weighted by Crippen LogP contribution is -2.38. The van der Waals surface area contributed by atoms with Crippen LogP contribution in [0, 0.1) is 20.8 Å². The Hall–Kier alpha value is -2.05. The fraction of sp³-hybridized carbons (Fsp3) is 0.278. The predicted molar refractivity (Wildman–Crippen MR) is 103 cm³/mol. The Bertz CT molecular complexity index is 911. The Balaban J connectivity index is 2.29. The van der Waals surface area contributed by atoms with Crippen LogP contribution in [0.5, 0.6) is 0 Å². The van der Waals surface area contributed by atoms with Gasteiger partial charge in [-0.3, -0.25) is 9.10 Å². The monoisotopic (exact) mass is 380 g/mol. The summed E-state index contributed by atoms with van der Waals surface area (Å²) in [5, 5.41) is 3.21. The SMILES string of the molecule is Cc1ccc(NC(=O)CN(c2cccc(Cl)c2C)S(C)(=O)=O)c(C)c1. The predicted octanol–water partition coefficient (Wildman–Crippen LogP) is 3.67. The van der Waals surface area contributed by atoms with E-state index in [1.54, 1.807) is 31.2 Å². The highest BCUT2D eigenvalue weighted by atomic mass is 35.5. The molecule has 0 bridgehead atoms. The summed E-state index contributed by atoms with van der Waals surface area (Å²) in [5.41, 5.74) is 3.66. The highest BCUT2D eigenvalue weighted by molar-refractivity contribution is 7.92. The summed E-state index contributed by atoms with van der Waals surface area (Å²) in [6, 6.07) is 10.6. The maximum absolute atomic E-state index is 12.4. The van der Waals surface area contributed by atoms with E-state index in [2.05, 4.69) is 5.32 Å². The van der Waals surface area contributed by atoms with Crippen molar-refractivity contribution in [2.24, 2.45) is 0 Å². The first-order valence-corrected chi connectivity index (χ1v) is 9.92. The van der Waals surface area contributed by atoms with Gasteiger partial charge in [-0.2, -0.15) is 0 Å². The zero-order valence-electron chi connectivity index (χ0n) is 14.6. The van der Waals surface area contributed by atoms with E-state index in [9.17, 15) is 13.2 Å². The zero-order chi connectivity index (χ0) is 18.8. The summed E-state index contributed by atoms with van der Waals surface area (Å²) in [5.74, 6) is -0.420. The maximum Gasteiger partial charge on any atom is 0.245 e. The molecule has 2 rings (SSSR count). The summed E-state index contributed by atoms with van der Waals surface area (Å²) in [6.07, 6.45) is 1.07. The molecule has 0 aliphatic carbocycles. The second-order valence-electron chi connectivity index (χ2n) is 6.02. The molecule has 0 saturated carbocycles. The van der Waals surface area contributed by atoms with E-state index in [0.717, 1.165) is 21.7 Å². The molecule has 0 aromatic heterocycles. The van der Waals surface area contributed by atoms with Crippen molar-refractivity contribution in [3.63, 3.8) is 0 Å². The van der Waals surface area contributed by atoms with Gasteiger partial charge in [-0.25, -0.2) is 8.42 Å². The van der Waals surface area contributed by atoms with Crippen LogP contribution in [0.1, 0.15) is 16.7 Å². The molecule has 2 aromatic rings. The van der Waals surface area contributed by atoms with Crippen LogP contribution in [0.25, 0.3) is 0 Å². The molecule has 0 aliphatic rings. The zero-order valence-corrected chi connectivity index (χ0v) is 16.2. The highest BCUT2D eigenvalue weighted by Crippen LogP contribution is 2.28. The van der Waals surface area contributed by atoms with Crippen molar-refractivity contribution in [3.8, 4) is 0 Å². The van der Waals surface area contributed by atoms with E-state index in [0.29, 0.717) is 22.0 Å². The number of aryl methyl sites for hydroxylation is 2. The van der Waals surface area contributed by atoms with Crippen LogP contribution in [0.4, 0.5) is 11.4 Å². The molecular formula is C18H21ClN2O3S. The van der Waals surface area contributed by atoms with Crippen molar-refractivity contribution in [3.05, 3.63) is 58.1 Å². The van der Waals surface area contributed by atoms with Crippen LogP contribution in [0.2, 0.25) is 5.02 Å². The quantitative estimate of drug-likeness (QED) is 0.860. The minimum atomic E-state index is -3.65. The van der Waals surface area contributed by atoms with Crippen LogP contribution >= 0.6 is 11.6 Å². The number of nitrogens with zero attached hydrogens (tertiary/aromatic N) is 1. The molecule has 0 unspecified atom stereocenters. The van der Waals surface area contributed by atoms with Gasteiger partial charge in [0.1, 0.15) is 6.54 Å². The van der Waals surface area contributed by atoms with Crippen LogP contribution in [0.3, 0.4) is 0 Å². The summed E-state index contributed by atoms with van der Waals surface area (Å²) >= 11 is 6.09. The number of amides is 1. The highest BCUT2D eigenvalue weighted by Gasteiger charge is 2.23. The fourth-order valence-electron chi connectivity index (χ4n) is 2.52. The van der Waals surface area contributed by atoms with Crippen LogP contribution in [0.15, 0.2) is 36.4 Å². The number of hydrogen-bond acceptors (Lipinski definition) is 3. The van der Waals surface area contributed by atoms with Crippen molar-refractivity contribution in [1.29, 1.82) is 0 Å². The molecule has 0 spiro atoms. The van der Waals surface area contributed by atoms with Crippen LogP contribution < -0.4 is 9.62 Å². The van der Waals surface area contributed by atoms with E-state index in [1.165, 1.54) is 0 Å². The molecule has 5 nitrogen and oxygen atoms in total. The first-order chi connectivity index (χ1) is 11.6. The van der Waals surface area contributed by atoms with Gasteiger partial charge in [0.25, 0.3) is 0 Å². The number of carbonyl (C=O) groups is 1. The van der Waals surface area contributed by atoms with Gasteiger partial charge in [-0.15, -0.1) is 0 Å². The number of benzene rings is 2. The lowest BCUT2D eigenvalue weighted by Gasteiger charge is -2.24. The van der Waals surface area contributed by atoms with Gasteiger partial charge in [-0.1, -0.05) is 35.4 Å². The molecule has 25 heavy (non-hydrogen) atoms. The topological polar surface area (TPSA) is 66.5 Å². The van der Waals surface area contributed by atoms with Gasteiger partial charge < -0.3 is 5.32 Å². The van der Waals surface area contributed by atoms with Crippen molar-refractivity contribution in [2.45, 2.75) is 20.8 Å². The number of anilines is 2. The molecule has 134 valence electrons. The molecular weight excluding hydrogens is 360 g/mol. The Morgan fingerprint density at radius 1 is 1.16 bits per heavy atom. The largest absolute Gasteiger partial charge is 0.324 e. The molecule has 7 heteroatoms. The standard InChI is InChI=1S/C18H21ClN2O3S/c1-12-8-9-16(13(2)10-12)20-18(22)11-21(25(4,23)24)17-7-5-6-15(19)14(17)3/h5-10H,11H2,1-4H3,(H,20,22). The molecule has 2 aromatic carbocycles. The number of rotatable bonds is 5. The minimum Gasteiger partial charge on any atom is -0.324 e. The van der Waals surface area contributed by atoms with Gasteiger partial charge in [0.2, 0.25) is 15.9 Å². The molecule has 0 fully saturated rings. The molecule has 0 heterocycles. The van der Waals surface area contributed by atoms with E-state index < -0.39 is 15.9 Å². The van der Waals surface area contributed by atoms with E-state index in [4.69, 9.17) is 11.6 Å². The summed E-state index contributed by atoms with van der Waals surface area (Å²) in [4.78, 5) is 12.4. The Kier molecular flexibility index (Phi) is 5.75. The van der Waals surface area contributed by atoms with Crippen molar-refractivity contribution < 1.29 is 13.2 Å². The van der Waals surface area contributed by atoms with E-state index >= 15 is 0 Å². The first-order valence-electron chi connectivity index (χ1n) is 7.69.